The van der Waals surface area contributed by atoms with Gasteiger partial charge in [-0.1, -0.05) is 0 Å². The van der Waals surface area contributed by atoms with Gasteiger partial charge in [-0.2, -0.15) is 4.98 Å². The molecule has 188 valence electrons. The Morgan fingerprint density at radius 2 is 1.92 bits per heavy atom. The van der Waals surface area contributed by atoms with Crippen LogP contribution in [0.3, 0.4) is 0 Å². The molecule has 0 radical (unpaired) electrons. The number of benzene rings is 1. The summed E-state index contributed by atoms with van der Waals surface area (Å²) < 4.78 is 24.0. The number of rotatable bonds is 5. The highest BCUT2D eigenvalue weighted by molar-refractivity contribution is 5.89. The molecule has 2 unspecified atom stereocenters. The highest BCUT2D eigenvalue weighted by Gasteiger charge is 2.40. The van der Waals surface area contributed by atoms with Crippen LogP contribution >= 0.6 is 0 Å². The quantitative estimate of drug-likeness (QED) is 0.527. The van der Waals surface area contributed by atoms with Gasteiger partial charge in [-0.05, 0) is 31.2 Å². The molecule has 3 aliphatic rings. The number of amides is 1. The van der Waals surface area contributed by atoms with E-state index in [0.717, 1.165) is 18.7 Å². The number of hydrogen-bond acceptors (Lipinski definition) is 9. The van der Waals surface area contributed by atoms with Crippen molar-refractivity contribution in [3.05, 3.63) is 46.9 Å². The summed E-state index contributed by atoms with van der Waals surface area (Å²) in [7, 11) is 1.54. The van der Waals surface area contributed by atoms with Crippen molar-refractivity contribution in [2.75, 3.05) is 51.4 Å². The van der Waals surface area contributed by atoms with Crippen LogP contribution in [0.15, 0.2) is 41.3 Å². The van der Waals surface area contributed by atoms with Crippen molar-refractivity contribution in [3.8, 4) is 17.4 Å². The maximum Gasteiger partial charge on any atom is 0.414 e. The average molecular weight is 494 g/mol. The number of methoxy groups -OCH3 is 1. The third-order valence-electron chi connectivity index (χ3n) is 7.02. The van der Waals surface area contributed by atoms with Crippen molar-refractivity contribution in [3.63, 3.8) is 0 Å². The Balaban J connectivity index is 1.12. The molecule has 2 aromatic heterocycles. The van der Waals surface area contributed by atoms with E-state index in [-0.39, 0.29) is 23.7 Å². The SMILES string of the molecule is COc1ccc2ncc(=O)n(CCN3CCC4CN(c5ccc6c(c5)OCCO6)C(=O)OC4C3)c2n1. The van der Waals surface area contributed by atoms with Crippen LogP contribution in [-0.2, 0) is 11.3 Å². The van der Waals surface area contributed by atoms with Gasteiger partial charge in [0.05, 0.1) is 19.0 Å². The summed E-state index contributed by atoms with van der Waals surface area (Å²) in [5, 5.41) is 0. The van der Waals surface area contributed by atoms with Gasteiger partial charge in [0.25, 0.3) is 5.56 Å². The van der Waals surface area contributed by atoms with Gasteiger partial charge in [0, 0.05) is 44.2 Å². The molecule has 1 amide bonds. The highest BCUT2D eigenvalue weighted by Crippen LogP contribution is 2.36. The van der Waals surface area contributed by atoms with Crippen LogP contribution in [0.25, 0.3) is 11.2 Å². The van der Waals surface area contributed by atoms with Crippen molar-refractivity contribution in [2.24, 2.45) is 5.92 Å². The number of anilines is 1. The van der Waals surface area contributed by atoms with E-state index in [1.807, 2.05) is 18.2 Å². The number of piperidine rings is 1. The van der Waals surface area contributed by atoms with E-state index in [9.17, 15) is 9.59 Å². The third kappa shape index (κ3) is 4.19. The molecule has 2 atom stereocenters. The van der Waals surface area contributed by atoms with Crippen molar-refractivity contribution in [2.45, 2.75) is 19.1 Å². The second kappa shape index (κ2) is 9.30. The Hall–Kier alpha value is -3.86. The molecule has 36 heavy (non-hydrogen) atoms. The Kier molecular flexibility index (Phi) is 5.84. The number of carbonyl (C=O) groups excluding carboxylic acids is 1. The molecule has 3 aliphatic heterocycles. The Morgan fingerprint density at radius 3 is 2.78 bits per heavy atom. The van der Waals surface area contributed by atoms with Crippen molar-refractivity contribution in [1.29, 1.82) is 0 Å². The van der Waals surface area contributed by atoms with Gasteiger partial charge >= 0.3 is 6.09 Å². The van der Waals surface area contributed by atoms with Crippen molar-refractivity contribution < 1.29 is 23.7 Å². The normalized spacial score (nSPS) is 21.7. The summed E-state index contributed by atoms with van der Waals surface area (Å²) in [6.45, 7) is 4.16. The van der Waals surface area contributed by atoms with E-state index < -0.39 is 0 Å². The van der Waals surface area contributed by atoms with Gasteiger partial charge in [-0.25, -0.2) is 9.78 Å². The Labute approximate surface area is 207 Å². The standard InChI is InChI=1S/C25H27N5O6/c1-33-22-5-3-18-24(27-22)29(23(31)13-26-18)9-8-28-7-6-16-14-30(25(32)36-21(16)15-28)17-2-4-19-20(12-17)35-11-10-34-19/h2-5,12-13,16,21H,6-11,14-15H2,1H3. The number of ether oxygens (including phenoxy) is 4. The molecule has 3 aromatic rings. The summed E-state index contributed by atoms with van der Waals surface area (Å²) in [5.74, 6) is 1.99. The zero-order valence-electron chi connectivity index (χ0n) is 20.0. The second-order valence-corrected chi connectivity index (χ2v) is 9.15. The first-order valence-electron chi connectivity index (χ1n) is 12.1. The Morgan fingerprint density at radius 1 is 1.06 bits per heavy atom. The van der Waals surface area contributed by atoms with E-state index in [0.29, 0.717) is 67.9 Å². The van der Waals surface area contributed by atoms with E-state index in [4.69, 9.17) is 18.9 Å². The van der Waals surface area contributed by atoms with Crippen LogP contribution in [0.2, 0.25) is 0 Å². The van der Waals surface area contributed by atoms with Crippen LogP contribution in [0.4, 0.5) is 10.5 Å². The predicted molar refractivity (Wildman–Crippen MR) is 130 cm³/mol. The third-order valence-corrected chi connectivity index (χ3v) is 7.02. The zero-order chi connectivity index (χ0) is 24.6. The molecule has 0 spiro atoms. The monoisotopic (exact) mass is 493 g/mol. The number of fused-ring (bicyclic) bond motifs is 3. The van der Waals surface area contributed by atoms with E-state index in [1.165, 1.54) is 13.3 Å². The van der Waals surface area contributed by atoms with Crippen LogP contribution < -0.4 is 24.7 Å². The largest absolute Gasteiger partial charge is 0.486 e. The lowest BCUT2D eigenvalue weighted by atomic mass is 9.91. The zero-order valence-corrected chi connectivity index (χ0v) is 20.0. The van der Waals surface area contributed by atoms with Gasteiger partial charge in [0.2, 0.25) is 5.88 Å². The van der Waals surface area contributed by atoms with Crippen LogP contribution in [0, 0.1) is 5.92 Å². The minimum Gasteiger partial charge on any atom is -0.486 e. The van der Waals surface area contributed by atoms with E-state index in [2.05, 4.69) is 14.9 Å². The number of carbonyl (C=O) groups is 1. The van der Waals surface area contributed by atoms with E-state index >= 15 is 0 Å². The molecule has 1 aromatic carbocycles. The molecule has 2 fully saturated rings. The summed E-state index contributed by atoms with van der Waals surface area (Å²) >= 11 is 0. The summed E-state index contributed by atoms with van der Waals surface area (Å²) in [5.41, 5.74) is 1.67. The lowest BCUT2D eigenvalue weighted by molar-refractivity contribution is -0.00758. The summed E-state index contributed by atoms with van der Waals surface area (Å²) in [6, 6.07) is 9.05. The van der Waals surface area contributed by atoms with Crippen molar-refractivity contribution >= 4 is 22.9 Å². The number of nitrogens with zero attached hydrogens (tertiary/aromatic N) is 5. The van der Waals surface area contributed by atoms with Gasteiger partial charge in [0.15, 0.2) is 17.1 Å². The molecule has 2 saturated heterocycles. The minimum absolute atomic E-state index is 0.191. The van der Waals surface area contributed by atoms with E-state index in [1.54, 1.807) is 21.6 Å². The first-order valence-corrected chi connectivity index (χ1v) is 12.1. The smallest absolute Gasteiger partial charge is 0.414 e. The minimum atomic E-state index is -0.359. The number of hydrogen-bond donors (Lipinski definition) is 0. The van der Waals surface area contributed by atoms with Crippen LogP contribution in [0.1, 0.15) is 6.42 Å². The maximum absolute atomic E-state index is 12.9. The predicted octanol–water partition coefficient (Wildman–Crippen LogP) is 1.92. The lowest BCUT2D eigenvalue weighted by Crippen LogP contribution is -2.56. The first kappa shape index (κ1) is 22.6. The van der Waals surface area contributed by atoms with Gasteiger partial charge in [0.1, 0.15) is 24.8 Å². The number of aromatic nitrogens is 3. The molecule has 0 saturated carbocycles. The molecule has 11 heteroatoms. The van der Waals surface area contributed by atoms with Gasteiger partial charge in [-0.3, -0.25) is 19.2 Å². The molecule has 0 N–H and O–H groups in total. The summed E-state index contributed by atoms with van der Waals surface area (Å²) in [6.07, 6.45) is 1.65. The highest BCUT2D eigenvalue weighted by atomic mass is 16.6. The van der Waals surface area contributed by atoms with Crippen LogP contribution in [0.5, 0.6) is 17.4 Å². The summed E-state index contributed by atoms with van der Waals surface area (Å²) in [4.78, 5) is 38.0. The fourth-order valence-electron chi connectivity index (χ4n) is 5.08. The lowest BCUT2D eigenvalue weighted by Gasteiger charge is -2.44. The fraction of sp³-hybridized carbons (Fsp3) is 0.440. The molecule has 0 bridgehead atoms. The molecule has 11 nitrogen and oxygen atoms in total. The topological polar surface area (TPSA) is 108 Å². The van der Waals surface area contributed by atoms with Gasteiger partial charge < -0.3 is 18.9 Å². The molecular weight excluding hydrogens is 466 g/mol. The molecular formula is C25H27N5O6. The van der Waals surface area contributed by atoms with Crippen molar-refractivity contribution in [1.82, 2.24) is 19.4 Å². The number of likely N-dealkylation sites (tertiary alicyclic amines) is 1. The van der Waals surface area contributed by atoms with Gasteiger partial charge in [-0.15, -0.1) is 0 Å². The fourth-order valence-corrected chi connectivity index (χ4v) is 5.08. The first-order chi connectivity index (χ1) is 17.6. The Bertz CT molecular complexity index is 1360. The molecule has 5 heterocycles. The van der Waals surface area contributed by atoms with Crippen LogP contribution in [-0.4, -0.2) is 78.1 Å². The average Bonchev–Trinajstić information content (AvgIpc) is 2.91. The molecule has 0 aliphatic carbocycles. The molecule has 6 rings (SSSR count). The second-order valence-electron chi connectivity index (χ2n) is 9.15. The maximum atomic E-state index is 12.9. The number of pyridine rings is 1.